The van der Waals surface area contributed by atoms with Crippen molar-refractivity contribution in [1.29, 1.82) is 0 Å². The van der Waals surface area contributed by atoms with Crippen molar-refractivity contribution in [2.45, 2.75) is 26.7 Å². The van der Waals surface area contributed by atoms with Crippen molar-refractivity contribution >= 4 is 17.5 Å². The molecule has 2 aromatic carbocycles. The Balaban J connectivity index is 1.94. The molecule has 0 spiro atoms. The lowest BCUT2D eigenvalue weighted by molar-refractivity contribution is -0.120. The van der Waals surface area contributed by atoms with Gasteiger partial charge in [-0.2, -0.15) is 0 Å². The first kappa shape index (κ1) is 19.5. The predicted octanol–water partition coefficient (Wildman–Crippen LogP) is 3.65. The quantitative estimate of drug-likeness (QED) is 0.760. The van der Waals surface area contributed by atoms with Crippen LogP contribution < -0.4 is 15.4 Å². The lowest BCUT2D eigenvalue weighted by Crippen LogP contribution is -2.17. The minimum Gasteiger partial charge on any atom is -0.493 e. The fourth-order valence-corrected chi connectivity index (χ4v) is 2.33. The molecule has 2 amide bonds. The number of benzene rings is 2. The van der Waals surface area contributed by atoms with Gasteiger partial charge in [-0.3, -0.25) is 9.59 Å². The summed E-state index contributed by atoms with van der Waals surface area (Å²) < 4.78 is 5.67. The zero-order chi connectivity index (χ0) is 18.9. The van der Waals surface area contributed by atoms with Crippen LogP contribution in [0.15, 0.2) is 48.5 Å². The lowest BCUT2D eigenvalue weighted by atomic mass is 10.1. The number of ether oxygens (including phenoxy) is 1. The van der Waals surface area contributed by atoms with Gasteiger partial charge in [-0.15, -0.1) is 0 Å². The maximum Gasteiger partial charge on any atom is 0.255 e. The van der Waals surface area contributed by atoms with Gasteiger partial charge in [-0.1, -0.05) is 32.0 Å². The maximum atomic E-state index is 12.4. The number of carbonyl (C=O) groups excluding carboxylic acids is 2. The molecule has 0 unspecified atom stereocenters. The number of amides is 2. The molecule has 0 aliphatic rings. The normalized spacial score (nSPS) is 10.5. The van der Waals surface area contributed by atoms with E-state index in [-0.39, 0.29) is 11.8 Å². The van der Waals surface area contributed by atoms with Gasteiger partial charge >= 0.3 is 0 Å². The number of hydrogen-bond donors (Lipinski definition) is 2. The molecule has 0 aromatic heterocycles. The summed E-state index contributed by atoms with van der Waals surface area (Å²) in [7, 11) is 1.63. The van der Waals surface area contributed by atoms with E-state index in [4.69, 9.17) is 4.74 Å². The van der Waals surface area contributed by atoms with Gasteiger partial charge in [0.15, 0.2) is 0 Å². The average Bonchev–Trinajstić information content (AvgIpc) is 2.65. The number of carbonyl (C=O) groups is 2. The summed E-state index contributed by atoms with van der Waals surface area (Å²) in [6.45, 7) is 4.77. The Morgan fingerprint density at radius 3 is 2.46 bits per heavy atom. The molecule has 0 saturated heterocycles. The second kappa shape index (κ2) is 9.61. The molecule has 0 radical (unpaired) electrons. The molecule has 2 aromatic rings. The highest BCUT2D eigenvalue weighted by Crippen LogP contribution is 2.17. The number of anilines is 1. The molecular weight excluding hydrogens is 328 g/mol. The van der Waals surface area contributed by atoms with E-state index in [9.17, 15) is 9.59 Å². The molecule has 138 valence electrons. The summed E-state index contributed by atoms with van der Waals surface area (Å²) in [6.07, 6.45) is 1.12. The Kier molecular flexibility index (Phi) is 7.21. The second-order valence-corrected chi connectivity index (χ2v) is 6.56. The lowest BCUT2D eigenvalue weighted by Gasteiger charge is -2.10. The minimum atomic E-state index is -0.182. The molecule has 2 N–H and O–H groups in total. The number of nitrogens with one attached hydrogen (secondary N) is 2. The highest BCUT2D eigenvalue weighted by atomic mass is 16.5. The minimum absolute atomic E-state index is 0.0157. The summed E-state index contributed by atoms with van der Waals surface area (Å²) >= 11 is 0. The van der Waals surface area contributed by atoms with Crippen molar-refractivity contribution in [3.8, 4) is 5.75 Å². The van der Waals surface area contributed by atoms with Crippen molar-refractivity contribution < 1.29 is 14.3 Å². The molecule has 5 heteroatoms. The van der Waals surface area contributed by atoms with Gasteiger partial charge in [0, 0.05) is 24.7 Å². The van der Waals surface area contributed by atoms with Gasteiger partial charge in [0.05, 0.1) is 6.61 Å². The number of hydrogen-bond acceptors (Lipinski definition) is 3. The molecule has 5 nitrogen and oxygen atoms in total. The fourth-order valence-electron chi connectivity index (χ4n) is 2.33. The van der Waals surface area contributed by atoms with Crippen molar-refractivity contribution in [2.75, 3.05) is 19.0 Å². The monoisotopic (exact) mass is 354 g/mol. The van der Waals surface area contributed by atoms with Crippen LogP contribution in [0.3, 0.4) is 0 Å². The Hall–Kier alpha value is -2.82. The predicted molar refractivity (Wildman–Crippen MR) is 104 cm³/mol. The van der Waals surface area contributed by atoms with E-state index in [1.54, 1.807) is 19.2 Å². The molecule has 0 saturated carbocycles. The van der Waals surface area contributed by atoms with Crippen LogP contribution in [0.2, 0.25) is 0 Å². The van der Waals surface area contributed by atoms with Crippen molar-refractivity contribution in [1.82, 2.24) is 5.32 Å². The zero-order valence-electron chi connectivity index (χ0n) is 15.5. The number of rotatable bonds is 8. The van der Waals surface area contributed by atoms with Crippen LogP contribution in [0.25, 0.3) is 0 Å². The molecule has 0 atom stereocenters. The van der Waals surface area contributed by atoms with E-state index in [2.05, 4.69) is 24.5 Å². The highest BCUT2D eigenvalue weighted by molar-refractivity contribution is 6.04. The molecule has 26 heavy (non-hydrogen) atoms. The van der Waals surface area contributed by atoms with E-state index >= 15 is 0 Å². The molecular formula is C21H26N2O3. The Morgan fingerprint density at radius 1 is 1.08 bits per heavy atom. The van der Waals surface area contributed by atoms with Crippen LogP contribution in [0.5, 0.6) is 5.75 Å². The van der Waals surface area contributed by atoms with E-state index < -0.39 is 0 Å². The van der Waals surface area contributed by atoms with Crippen LogP contribution in [0.1, 0.15) is 36.2 Å². The van der Waals surface area contributed by atoms with Crippen LogP contribution in [0, 0.1) is 5.92 Å². The van der Waals surface area contributed by atoms with E-state index in [1.165, 1.54) is 0 Å². The maximum absolute atomic E-state index is 12.4. The first-order valence-corrected chi connectivity index (χ1v) is 8.81. The largest absolute Gasteiger partial charge is 0.493 e. The van der Waals surface area contributed by atoms with Gasteiger partial charge in [-0.25, -0.2) is 0 Å². The Bertz CT molecular complexity index is 739. The van der Waals surface area contributed by atoms with Crippen molar-refractivity contribution in [3.05, 3.63) is 59.7 Å². The van der Waals surface area contributed by atoms with E-state index in [1.807, 2.05) is 36.4 Å². The van der Waals surface area contributed by atoms with E-state index in [0.717, 1.165) is 5.56 Å². The Morgan fingerprint density at radius 2 is 1.81 bits per heavy atom. The molecule has 0 bridgehead atoms. The van der Waals surface area contributed by atoms with Crippen LogP contribution in [-0.4, -0.2) is 25.5 Å². The molecule has 2 rings (SSSR count). The van der Waals surface area contributed by atoms with Gasteiger partial charge in [-0.05, 0) is 48.2 Å². The summed E-state index contributed by atoms with van der Waals surface area (Å²) in [5.41, 5.74) is 2.32. The van der Waals surface area contributed by atoms with Gasteiger partial charge in [0.2, 0.25) is 5.91 Å². The number of aryl methyl sites for hydroxylation is 1. The van der Waals surface area contributed by atoms with Crippen LogP contribution in [-0.2, 0) is 11.2 Å². The SMILES string of the molecule is CNC(=O)CCc1ccc(NC(=O)c2cccc(OCC(C)C)c2)cc1. The third-order valence-corrected chi connectivity index (χ3v) is 3.81. The molecule has 0 heterocycles. The summed E-state index contributed by atoms with van der Waals surface area (Å²) in [5, 5.41) is 5.48. The topological polar surface area (TPSA) is 67.4 Å². The first-order valence-electron chi connectivity index (χ1n) is 8.81. The molecule has 0 aliphatic carbocycles. The van der Waals surface area contributed by atoms with Gasteiger partial charge < -0.3 is 15.4 Å². The summed E-state index contributed by atoms with van der Waals surface area (Å²) in [6, 6.07) is 14.7. The second-order valence-electron chi connectivity index (χ2n) is 6.56. The fraction of sp³-hybridized carbons (Fsp3) is 0.333. The van der Waals surface area contributed by atoms with Gasteiger partial charge in [0.1, 0.15) is 5.75 Å². The molecule has 0 aliphatic heterocycles. The van der Waals surface area contributed by atoms with Gasteiger partial charge in [0.25, 0.3) is 5.91 Å². The summed E-state index contributed by atoms with van der Waals surface area (Å²) in [4.78, 5) is 23.7. The summed E-state index contributed by atoms with van der Waals surface area (Å²) in [5.74, 6) is 0.949. The van der Waals surface area contributed by atoms with Crippen LogP contribution in [0.4, 0.5) is 5.69 Å². The smallest absolute Gasteiger partial charge is 0.255 e. The van der Waals surface area contributed by atoms with E-state index in [0.29, 0.717) is 42.4 Å². The standard InChI is InChI=1S/C21H26N2O3/c1-15(2)14-26-19-6-4-5-17(13-19)21(25)23-18-10-7-16(8-11-18)9-12-20(24)22-3/h4-8,10-11,13,15H,9,12,14H2,1-3H3,(H,22,24)(H,23,25). The van der Waals surface area contributed by atoms with Crippen molar-refractivity contribution in [3.63, 3.8) is 0 Å². The third-order valence-electron chi connectivity index (χ3n) is 3.81. The highest BCUT2D eigenvalue weighted by Gasteiger charge is 2.08. The van der Waals surface area contributed by atoms with Crippen molar-refractivity contribution in [2.24, 2.45) is 5.92 Å². The average molecular weight is 354 g/mol. The third kappa shape index (κ3) is 6.24. The zero-order valence-corrected chi connectivity index (χ0v) is 15.5. The molecule has 0 fully saturated rings. The van der Waals surface area contributed by atoms with Crippen LogP contribution >= 0.6 is 0 Å². The first-order chi connectivity index (χ1) is 12.5. The Labute approximate surface area is 154 Å².